The lowest BCUT2D eigenvalue weighted by Crippen LogP contribution is -2.46. The van der Waals surface area contributed by atoms with E-state index in [1.54, 1.807) is 7.05 Å². The molecule has 1 aliphatic carbocycles. The smallest absolute Gasteiger partial charge is 0.257 e. The van der Waals surface area contributed by atoms with Crippen molar-refractivity contribution in [1.82, 2.24) is 4.90 Å². The summed E-state index contributed by atoms with van der Waals surface area (Å²) in [6, 6.07) is 3.67. The molecule has 19 heavy (non-hydrogen) atoms. The molecule has 1 aliphatic rings. The third-order valence-corrected chi connectivity index (χ3v) is 3.72. The summed E-state index contributed by atoms with van der Waals surface area (Å²) >= 11 is 0. The minimum Gasteiger partial charge on any atom is -0.508 e. The van der Waals surface area contributed by atoms with Gasteiger partial charge in [0.25, 0.3) is 5.91 Å². The number of hydrogen-bond acceptors (Lipinski definition) is 4. The van der Waals surface area contributed by atoms with E-state index in [0.717, 1.165) is 25.3 Å². The molecule has 0 unspecified atom stereocenters. The Kier molecular flexibility index (Phi) is 3.95. The van der Waals surface area contributed by atoms with Crippen molar-refractivity contribution in [3.05, 3.63) is 23.8 Å². The van der Waals surface area contributed by atoms with Crippen LogP contribution in [0.25, 0.3) is 0 Å². The van der Waals surface area contributed by atoms with E-state index in [1.807, 2.05) is 0 Å². The molecule has 1 amide bonds. The van der Waals surface area contributed by atoms with Crippen LogP contribution < -0.4 is 0 Å². The summed E-state index contributed by atoms with van der Waals surface area (Å²) in [6.45, 7) is 0. The molecule has 0 spiro atoms. The van der Waals surface area contributed by atoms with Gasteiger partial charge >= 0.3 is 0 Å². The number of aromatic hydroxyl groups is 2. The SMILES string of the molecule is CN(C(=O)c1ccc(O)cc1O)[C@@H]1CCCC[C@H]1O. The van der Waals surface area contributed by atoms with Gasteiger partial charge in [0.15, 0.2) is 0 Å². The van der Waals surface area contributed by atoms with Crippen LogP contribution in [-0.4, -0.2) is 45.3 Å². The summed E-state index contributed by atoms with van der Waals surface area (Å²) in [4.78, 5) is 13.8. The number of aliphatic hydroxyl groups excluding tert-OH is 1. The molecule has 1 aromatic rings. The van der Waals surface area contributed by atoms with Crippen LogP contribution in [0.1, 0.15) is 36.0 Å². The number of nitrogens with zero attached hydrogens (tertiary/aromatic N) is 1. The molecule has 0 bridgehead atoms. The molecule has 5 heteroatoms. The molecule has 0 aliphatic heterocycles. The number of carbonyl (C=O) groups excluding carboxylic acids is 1. The van der Waals surface area contributed by atoms with E-state index in [9.17, 15) is 20.1 Å². The summed E-state index contributed by atoms with van der Waals surface area (Å²) in [5, 5.41) is 28.9. The van der Waals surface area contributed by atoms with E-state index in [1.165, 1.54) is 17.0 Å². The molecule has 3 N–H and O–H groups in total. The third kappa shape index (κ3) is 2.81. The number of carbonyl (C=O) groups is 1. The average Bonchev–Trinajstić information content (AvgIpc) is 2.38. The fourth-order valence-corrected chi connectivity index (χ4v) is 2.58. The molecule has 5 nitrogen and oxygen atoms in total. The zero-order valence-corrected chi connectivity index (χ0v) is 10.9. The van der Waals surface area contributed by atoms with Gasteiger partial charge in [-0.1, -0.05) is 12.8 Å². The summed E-state index contributed by atoms with van der Waals surface area (Å²) in [5.74, 6) is -0.681. The third-order valence-electron chi connectivity index (χ3n) is 3.72. The fourth-order valence-electron chi connectivity index (χ4n) is 2.58. The Hall–Kier alpha value is -1.75. The van der Waals surface area contributed by atoms with Gasteiger partial charge in [-0.05, 0) is 25.0 Å². The Balaban J connectivity index is 2.18. The normalized spacial score (nSPS) is 23.1. The molecule has 1 fully saturated rings. The van der Waals surface area contributed by atoms with Crippen LogP contribution in [-0.2, 0) is 0 Å². The molecule has 0 radical (unpaired) electrons. The second-order valence-corrected chi connectivity index (χ2v) is 5.04. The molecule has 0 aromatic heterocycles. The summed E-state index contributed by atoms with van der Waals surface area (Å²) in [7, 11) is 1.63. The van der Waals surface area contributed by atoms with E-state index in [2.05, 4.69) is 0 Å². The maximum atomic E-state index is 12.3. The Morgan fingerprint density at radius 2 is 1.95 bits per heavy atom. The quantitative estimate of drug-likeness (QED) is 0.756. The first-order chi connectivity index (χ1) is 9.00. The monoisotopic (exact) mass is 265 g/mol. The van der Waals surface area contributed by atoms with E-state index >= 15 is 0 Å². The molecule has 2 atom stereocenters. The summed E-state index contributed by atoms with van der Waals surface area (Å²) in [6.07, 6.45) is 2.92. The molecular weight excluding hydrogens is 246 g/mol. The zero-order valence-electron chi connectivity index (χ0n) is 10.9. The first kappa shape index (κ1) is 13.7. The summed E-state index contributed by atoms with van der Waals surface area (Å²) in [5.41, 5.74) is 0.137. The maximum Gasteiger partial charge on any atom is 0.257 e. The number of amides is 1. The molecular formula is C14H19NO4. The van der Waals surface area contributed by atoms with E-state index < -0.39 is 6.10 Å². The van der Waals surface area contributed by atoms with Gasteiger partial charge in [-0.25, -0.2) is 0 Å². The number of rotatable bonds is 2. The van der Waals surface area contributed by atoms with Crippen LogP contribution in [0.4, 0.5) is 0 Å². The van der Waals surface area contributed by atoms with Crippen LogP contribution in [0.2, 0.25) is 0 Å². The fraction of sp³-hybridized carbons (Fsp3) is 0.500. The van der Waals surface area contributed by atoms with Crippen molar-refractivity contribution in [3.63, 3.8) is 0 Å². The van der Waals surface area contributed by atoms with Crippen LogP contribution in [0.5, 0.6) is 11.5 Å². The van der Waals surface area contributed by atoms with Crippen molar-refractivity contribution >= 4 is 5.91 Å². The van der Waals surface area contributed by atoms with Crippen molar-refractivity contribution in [2.45, 2.75) is 37.8 Å². The highest BCUT2D eigenvalue weighted by Crippen LogP contribution is 2.27. The Labute approximate surface area is 112 Å². The number of phenols is 2. The second-order valence-electron chi connectivity index (χ2n) is 5.04. The lowest BCUT2D eigenvalue weighted by molar-refractivity contribution is 0.0266. The van der Waals surface area contributed by atoms with Crippen molar-refractivity contribution in [2.24, 2.45) is 0 Å². The lowest BCUT2D eigenvalue weighted by Gasteiger charge is -2.35. The molecule has 1 saturated carbocycles. The zero-order chi connectivity index (χ0) is 14.0. The minimum atomic E-state index is -0.512. The first-order valence-corrected chi connectivity index (χ1v) is 6.48. The van der Waals surface area contributed by atoms with Gasteiger partial charge < -0.3 is 20.2 Å². The van der Waals surface area contributed by atoms with Gasteiger partial charge in [-0.3, -0.25) is 4.79 Å². The van der Waals surface area contributed by atoms with Gasteiger partial charge in [0.05, 0.1) is 17.7 Å². The molecule has 2 rings (SSSR count). The van der Waals surface area contributed by atoms with E-state index in [-0.39, 0.29) is 29.0 Å². The number of hydrogen-bond donors (Lipinski definition) is 3. The Bertz CT molecular complexity index is 475. The predicted molar refractivity (Wildman–Crippen MR) is 70.1 cm³/mol. The van der Waals surface area contributed by atoms with Crippen LogP contribution in [0, 0.1) is 0 Å². The summed E-state index contributed by atoms with van der Waals surface area (Å²) < 4.78 is 0. The highest BCUT2D eigenvalue weighted by atomic mass is 16.3. The van der Waals surface area contributed by atoms with E-state index in [0.29, 0.717) is 6.42 Å². The van der Waals surface area contributed by atoms with Gasteiger partial charge in [0.1, 0.15) is 11.5 Å². The van der Waals surface area contributed by atoms with Crippen LogP contribution in [0.3, 0.4) is 0 Å². The highest BCUT2D eigenvalue weighted by molar-refractivity contribution is 5.97. The van der Waals surface area contributed by atoms with Crippen molar-refractivity contribution in [1.29, 1.82) is 0 Å². The van der Waals surface area contributed by atoms with Crippen molar-refractivity contribution in [3.8, 4) is 11.5 Å². The number of likely N-dealkylation sites (N-methyl/N-ethyl adjacent to an activating group) is 1. The minimum absolute atomic E-state index is 0.0885. The largest absolute Gasteiger partial charge is 0.508 e. The molecule has 104 valence electrons. The molecule has 1 aromatic carbocycles. The maximum absolute atomic E-state index is 12.3. The van der Waals surface area contributed by atoms with Gasteiger partial charge in [0, 0.05) is 13.1 Å². The lowest BCUT2D eigenvalue weighted by atomic mass is 9.91. The topological polar surface area (TPSA) is 81.0 Å². The molecule has 0 saturated heterocycles. The van der Waals surface area contributed by atoms with Crippen molar-refractivity contribution < 1.29 is 20.1 Å². The number of phenolic OH excluding ortho intramolecular Hbond substituents is 2. The average molecular weight is 265 g/mol. The van der Waals surface area contributed by atoms with Crippen LogP contribution in [0.15, 0.2) is 18.2 Å². The van der Waals surface area contributed by atoms with E-state index in [4.69, 9.17) is 0 Å². The Morgan fingerprint density at radius 1 is 1.26 bits per heavy atom. The van der Waals surface area contributed by atoms with Gasteiger partial charge in [-0.15, -0.1) is 0 Å². The van der Waals surface area contributed by atoms with Gasteiger partial charge in [0.2, 0.25) is 0 Å². The number of benzene rings is 1. The van der Waals surface area contributed by atoms with Crippen molar-refractivity contribution in [2.75, 3.05) is 7.05 Å². The van der Waals surface area contributed by atoms with Gasteiger partial charge in [-0.2, -0.15) is 0 Å². The standard InChI is InChI=1S/C14H19NO4/c1-15(11-4-2-3-5-12(11)17)14(19)10-7-6-9(16)8-13(10)18/h6-8,11-12,16-18H,2-5H2,1H3/t11-,12-/m1/s1. The number of aliphatic hydroxyl groups is 1. The Morgan fingerprint density at radius 3 is 2.58 bits per heavy atom. The predicted octanol–water partition coefficient (Wildman–Crippen LogP) is 1.47. The second kappa shape index (κ2) is 5.48. The van der Waals surface area contributed by atoms with Crippen LogP contribution >= 0.6 is 0 Å². The molecule has 0 heterocycles. The first-order valence-electron chi connectivity index (χ1n) is 6.48. The highest BCUT2D eigenvalue weighted by Gasteiger charge is 2.30.